The third-order valence-electron chi connectivity index (χ3n) is 5.83. The lowest BCUT2D eigenvalue weighted by Crippen LogP contribution is -2.50. The van der Waals surface area contributed by atoms with Crippen LogP contribution in [0.3, 0.4) is 0 Å². The second-order valence-corrected chi connectivity index (χ2v) is 7.51. The van der Waals surface area contributed by atoms with Gasteiger partial charge in [0.05, 0.1) is 5.60 Å². The number of hydrogen-bond donors (Lipinski definition) is 1. The molecular formula is C18H36N2O2. The second kappa shape index (κ2) is 8.09. The van der Waals surface area contributed by atoms with Crippen LogP contribution in [0.25, 0.3) is 0 Å². The summed E-state index contributed by atoms with van der Waals surface area (Å²) in [5.74, 6) is 0. The van der Waals surface area contributed by atoms with Crippen LogP contribution in [0, 0.1) is 0 Å². The van der Waals surface area contributed by atoms with Crippen LogP contribution in [0.1, 0.15) is 58.8 Å². The van der Waals surface area contributed by atoms with E-state index in [9.17, 15) is 5.11 Å². The molecule has 4 heteroatoms. The summed E-state index contributed by atoms with van der Waals surface area (Å²) in [6, 6.07) is 0. The maximum atomic E-state index is 10.9. The molecule has 0 radical (unpaired) electrons. The van der Waals surface area contributed by atoms with Gasteiger partial charge in [0.1, 0.15) is 0 Å². The Morgan fingerprint density at radius 3 is 2.23 bits per heavy atom. The number of ether oxygens (including phenoxy) is 1. The van der Waals surface area contributed by atoms with Crippen LogP contribution in [-0.4, -0.2) is 72.5 Å². The first-order valence-electron chi connectivity index (χ1n) is 9.27. The first-order valence-corrected chi connectivity index (χ1v) is 9.27. The topological polar surface area (TPSA) is 35.9 Å². The van der Waals surface area contributed by atoms with Gasteiger partial charge in [-0.1, -0.05) is 26.7 Å². The Balaban J connectivity index is 1.96. The molecule has 0 aromatic rings. The van der Waals surface area contributed by atoms with Gasteiger partial charge in [-0.25, -0.2) is 0 Å². The number of nitrogens with zero attached hydrogens (tertiary/aromatic N) is 2. The molecule has 0 aliphatic carbocycles. The summed E-state index contributed by atoms with van der Waals surface area (Å²) in [5, 5.41) is 10.9. The highest BCUT2D eigenvalue weighted by atomic mass is 16.5. The van der Waals surface area contributed by atoms with Gasteiger partial charge >= 0.3 is 0 Å². The first-order chi connectivity index (χ1) is 10.5. The molecule has 0 atom stereocenters. The van der Waals surface area contributed by atoms with Gasteiger partial charge in [-0.15, -0.1) is 0 Å². The van der Waals surface area contributed by atoms with E-state index >= 15 is 0 Å². The SMILES string of the molecule is CCCC(O)(CCC)CN1CCN(C)C2(CCOCC2)CC1. The van der Waals surface area contributed by atoms with Crippen molar-refractivity contribution in [1.29, 1.82) is 0 Å². The van der Waals surface area contributed by atoms with E-state index in [1.165, 1.54) is 6.42 Å². The summed E-state index contributed by atoms with van der Waals surface area (Å²) in [5.41, 5.74) is -0.157. The molecule has 1 spiro atoms. The van der Waals surface area contributed by atoms with Gasteiger partial charge in [0.15, 0.2) is 0 Å². The molecule has 2 fully saturated rings. The third kappa shape index (κ3) is 4.44. The average Bonchev–Trinajstić information content (AvgIpc) is 2.63. The summed E-state index contributed by atoms with van der Waals surface area (Å²) < 4.78 is 5.58. The van der Waals surface area contributed by atoms with Crippen molar-refractivity contribution in [1.82, 2.24) is 9.80 Å². The van der Waals surface area contributed by atoms with Crippen LogP contribution in [0.4, 0.5) is 0 Å². The van der Waals surface area contributed by atoms with E-state index < -0.39 is 5.60 Å². The quantitative estimate of drug-likeness (QED) is 0.817. The minimum absolute atomic E-state index is 0.334. The Labute approximate surface area is 136 Å². The molecule has 0 aromatic carbocycles. The lowest BCUT2D eigenvalue weighted by atomic mass is 9.85. The number of rotatable bonds is 6. The predicted molar refractivity (Wildman–Crippen MR) is 91.2 cm³/mol. The maximum absolute atomic E-state index is 10.9. The fourth-order valence-corrected chi connectivity index (χ4v) is 4.37. The highest BCUT2D eigenvalue weighted by molar-refractivity contribution is 4.95. The molecule has 2 aliphatic rings. The predicted octanol–water partition coefficient (Wildman–Crippen LogP) is 2.50. The first kappa shape index (κ1) is 18.2. The zero-order chi connectivity index (χ0) is 16.1. The maximum Gasteiger partial charge on any atom is 0.0773 e. The third-order valence-corrected chi connectivity index (χ3v) is 5.83. The minimum Gasteiger partial charge on any atom is -0.389 e. The molecule has 2 saturated heterocycles. The zero-order valence-corrected chi connectivity index (χ0v) is 14.9. The largest absolute Gasteiger partial charge is 0.389 e. The van der Waals surface area contributed by atoms with E-state index in [0.29, 0.717) is 5.54 Å². The van der Waals surface area contributed by atoms with E-state index in [4.69, 9.17) is 4.74 Å². The Hall–Kier alpha value is -0.160. The number of likely N-dealkylation sites (N-methyl/N-ethyl adjacent to an activating group) is 1. The fourth-order valence-electron chi connectivity index (χ4n) is 4.37. The van der Waals surface area contributed by atoms with Crippen LogP contribution in [0.5, 0.6) is 0 Å². The van der Waals surface area contributed by atoms with Gasteiger partial charge in [0, 0.05) is 44.9 Å². The van der Waals surface area contributed by atoms with Crippen LogP contribution in [0.15, 0.2) is 0 Å². The average molecular weight is 312 g/mol. The van der Waals surface area contributed by atoms with Crippen molar-refractivity contribution in [3.8, 4) is 0 Å². The molecule has 2 aliphatic heterocycles. The molecule has 0 aromatic heterocycles. The van der Waals surface area contributed by atoms with Gasteiger partial charge in [-0.05, 0) is 39.2 Å². The molecule has 0 saturated carbocycles. The van der Waals surface area contributed by atoms with Crippen molar-refractivity contribution in [2.24, 2.45) is 0 Å². The van der Waals surface area contributed by atoms with Crippen LogP contribution in [0.2, 0.25) is 0 Å². The number of β-amino-alcohol motifs (C(OH)–C–C–N with tert-alkyl or cyclic N) is 1. The van der Waals surface area contributed by atoms with E-state index in [2.05, 4.69) is 30.7 Å². The normalized spacial score (nSPS) is 24.5. The van der Waals surface area contributed by atoms with Gasteiger partial charge in [0.2, 0.25) is 0 Å². The van der Waals surface area contributed by atoms with Crippen molar-refractivity contribution >= 4 is 0 Å². The molecule has 1 N–H and O–H groups in total. The highest BCUT2D eigenvalue weighted by Crippen LogP contribution is 2.33. The number of hydrogen-bond acceptors (Lipinski definition) is 4. The summed E-state index contributed by atoms with van der Waals surface area (Å²) in [6.45, 7) is 10.3. The molecular weight excluding hydrogens is 276 g/mol. The highest BCUT2D eigenvalue weighted by Gasteiger charge is 2.39. The van der Waals surface area contributed by atoms with Crippen LogP contribution >= 0.6 is 0 Å². The minimum atomic E-state index is -0.491. The van der Waals surface area contributed by atoms with E-state index in [0.717, 1.165) is 77.9 Å². The summed E-state index contributed by atoms with van der Waals surface area (Å²) >= 11 is 0. The zero-order valence-electron chi connectivity index (χ0n) is 14.9. The Kier molecular flexibility index (Phi) is 6.69. The summed E-state index contributed by atoms with van der Waals surface area (Å²) in [7, 11) is 2.28. The summed E-state index contributed by atoms with van der Waals surface area (Å²) in [6.07, 6.45) is 7.49. The standard InChI is InChI=1S/C18H36N2O2/c1-4-6-18(21,7-5-2)16-20-11-8-17(19(3)12-13-20)9-14-22-15-10-17/h21H,4-16H2,1-3H3. The second-order valence-electron chi connectivity index (χ2n) is 7.51. The monoisotopic (exact) mass is 312 g/mol. The molecule has 0 bridgehead atoms. The Bertz CT molecular complexity index is 323. The summed E-state index contributed by atoms with van der Waals surface area (Å²) in [4.78, 5) is 5.07. The van der Waals surface area contributed by atoms with Crippen molar-refractivity contribution < 1.29 is 9.84 Å². The molecule has 0 unspecified atom stereocenters. The van der Waals surface area contributed by atoms with Gasteiger partial charge in [-0.3, -0.25) is 9.80 Å². The molecule has 130 valence electrons. The van der Waals surface area contributed by atoms with Crippen molar-refractivity contribution in [2.45, 2.75) is 69.9 Å². The Morgan fingerprint density at radius 2 is 1.64 bits per heavy atom. The molecule has 2 heterocycles. The van der Waals surface area contributed by atoms with Crippen LogP contribution in [-0.2, 0) is 4.74 Å². The Morgan fingerprint density at radius 1 is 1.00 bits per heavy atom. The van der Waals surface area contributed by atoms with E-state index in [1.807, 2.05) is 0 Å². The van der Waals surface area contributed by atoms with E-state index in [1.54, 1.807) is 0 Å². The van der Waals surface area contributed by atoms with Crippen molar-refractivity contribution in [3.63, 3.8) is 0 Å². The van der Waals surface area contributed by atoms with Crippen molar-refractivity contribution in [2.75, 3.05) is 46.4 Å². The molecule has 0 amide bonds. The lowest BCUT2D eigenvalue weighted by Gasteiger charge is -2.43. The van der Waals surface area contributed by atoms with Gasteiger partial charge < -0.3 is 9.84 Å². The van der Waals surface area contributed by atoms with Crippen LogP contribution < -0.4 is 0 Å². The molecule has 22 heavy (non-hydrogen) atoms. The lowest BCUT2D eigenvalue weighted by molar-refractivity contribution is -0.0178. The van der Waals surface area contributed by atoms with Crippen molar-refractivity contribution in [3.05, 3.63) is 0 Å². The fraction of sp³-hybridized carbons (Fsp3) is 1.00. The number of aliphatic hydroxyl groups is 1. The van der Waals surface area contributed by atoms with Gasteiger partial charge in [-0.2, -0.15) is 0 Å². The van der Waals surface area contributed by atoms with Gasteiger partial charge in [0.25, 0.3) is 0 Å². The molecule has 2 rings (SSSR count). The molecule has 4 nitrogen and oxygen atoms in total. The van der Waals surface area contributed by atoms with E-state index in [-0.39, 0.29) is 0 Å². The smallest absolute Gasteiger partial charge is 0.0773 e.